The molecular formula is C11H20N2O3S. The van der Waals surface area contributed by atoms with Crippen LogP contribution in [0.4, 0.5) is 0 Å². The third-order valence-electron chi connectivity index (χ3n) is 2.46. The van der Waals surface area contributed by atoms with Crippen LogP contribution in [-0.2, 0) is 10.0 Å². The van der Waals surface area contributed by atoms with E-state index in [0.29, 0.717) is 18.1 Å². The molecule has 98 valence electrons. The second-order valence-corrected chi connectivity index (χ2v) is 6.03. The molecule has 17 heavy (non-hydrogen) atoms. The number of hydrogen-bond donors (Lipinski definition) is 2. The van der Waals surface area contributed by atoms with Crippen molar-refractivity contribution in [1.29, 1.82) is 0 Å². The molecule has 0 aliphatic rings. The van der Waals surface area contributed by atoms with Gasteiger partial charge >= 0.3 is 0 Å². The molecule has 5 nitrogen and oxygen atoms in total. The Kier molecular flexibility index (Phi) is 4.73. The fraction of sp³-hybridized carbons (Fsp3) is 0.636. The fourth-order valence-electron chi connectivity index (χ4n) is 1.62. The molecule has 0 saturated carbocycles. The van der Waals surface area contributed by atoms with Crippen LogP contribution in [-0.4, -0.2) is 28.6 Å². The normalized spacial score (nSPS) is 13.9. The van der Waals surface area contributed by atoms with Crippen molar-refractivity contribution in [3.63, 3.8) is 0 Å². The molecule has 2 N–H and O–H groups in total. The van der Waals surface area contributed by atoms with Crippen molar-refractivity contribution in [2.45, 2.75) is 25.7 Å². The van der Waals surface area contributed by atoms with Gasteiger partial charge in [0.15, 0.2) is 0 Å². The summed E-state index contributed by atoms with van der Waals surface area (Å²) >= 11 is 0. The molecule has 0 aromatic carbocycles. The lowest BCUT2D eigenvalue weighted by Crippen LogP contribution is -2.32. The average Bonchev–Trinajstić information content (AvgIpc) is 2.56. The number of sulfonamides is 1. The topological polar surface area (TPSA) is 71.3 Å². The van der Waals surface area contributed by atoms with Gasteiger partial charge in [-0.15, -0.1) is 0 Å². The van der Waals surface area contributed by atoms with E-state index in [4.69, 9.17) is 4.42 Å². The molecule has 0 unspecified atom stereocenters. The number of rotatable bonds is 6. The first-order chi connectivity index (χ1) is 7.86. The van der Waals surface area contributed by atoms with Gasteiger partial charge in [0.25, 0.3) is 0 Å². The molecule has 0 bridgehead atoms. The second-order valence-electron chi connectivity index (χ2n) is 4.29. The SMILES string of the molecule is CNC[C@H](C)CNS(=O)(=O)c1cc(C)oc1C. The Balaban J connectivity index is 2.73. The minimum Gasteiger partial charge on any atom is -0.465 e. The standard InChI is InChI=1S/C11H20N2O3S/c1-8(6-12-4)7-13-17(14,15)11-5-9(2)16-10(11)3/h5,8,12-13H,6-7H2,1-4H3/t8-/m0/s1. The summed E-state index contributed by atoms with van der Waals surface area (Å²) in [7, 11) is -1.61. The third-order valence-corrected chi connectivity index (χ3v) is 3.99. The summed E-state index contributed by atoms with van der Waals surface area (Å²) in [6, 6.07) is 1.54. The van der Waals surface area contributed by atoms with Crippen LogP contribution in [0.5, 0.6) is 0 Å². The first-order valence-corrected chi connectivity index (χ1v) is 7.06. The molecule has 6 heteroatoms. The molecule has 0 fully saturated rings. The van der Waals surface area contributed by atoms with E-state index in [0.717, 1.165) is 6.54 Å². The Morgan fingerprint density at radius 2 is 2.00 bits per heavy atom. The highest BCUT2D eigenvalue weighted by molar-refractivity contribution is 7.89. The van der Waals surface area contributed by atoms with Crippen LogP contribution in [0.3, 0.4) is 0 Å². The van der Waals surface area contributed by atoms with Gasteiger partial charge in [-0.2, -0.15) is 0 Å². The molecule has 0 radical (unpaired) electrons. The zero-order valence-corrected chi connectivity index (χ0v) is 11.5. The fourth-order valence-corrected chi connectivity index (χ4v) is 3.03. The Bertz CT molecular complexity index is 465. The van der Waals surface area contributed by atoms with E-state index in [-0.39, 0.29) is 10.8 Å². The first-order valence-electron chi connectivity index (χ1n) is 5.58. The molecule has 1 rings (SSSR count). The molecule has 1 atom stereocenters. The molecule has 1 aromatic rings. The van der Waals surface area contributed by atoms with Gasteiger partial charge in [0, 0.05) is 6.54 Å². The van der Waals surface area contributed by atoms with Gasteiger partial charge in [-0.3, -0.25) is 0 Å². The number of nitrogens with one attached hydrogen (secondary N) is 2. The van der Waals surface area contributed by atoms with Crippen molar-refractivity contribution >= 4 is 10.0 Å². The van der Waals surface area contributed by atoms with Crippen LogP contribution < -0.4 is 10.0 Å². The smallest absolute Gasteiger partial charge is 0.244 e. The van der Waals surface area contributed by atoms with E-state index in [1.165, 1.54) is 0 Å². The summed E-state index contributed by atoms with van der Waals surface area (Å²) in [6.07, 6.45) is 0. The van der Waals surface area contributed by atoms with Gasteiger partial charge in [-0.1, -0.05) is 6.92 Å². The van der Waals surface area contributed by atoms with Gasteiger partial charge in [0.05, 0.1) is 0 Å². The maximum Gasteiger partial charge on any atom is 0.244 e. The van der Waals surface area contributed by atoms with E-state index >= 15 is 0 Å². The summed E-state index contributed by atoms with van der Waals surface area (Å²) in [5.74, 6) is 1.27. The summed E-state index contributed by atoms with van der Waals surface area (Å²) in [4.78, 5) is 0.228. The van der Waals surface area contributed by atoms with E-state index in [2.05, 4.69) is 10.0 Å². The quantitative estimate of drug-likeness (QED) is 0.801. The van der Waals surface area contributed by atoms with Gasteiger partial charge in [0.1, 0.15) is 16.4 Å². The molecular weight excluding hydrogens is 240 g/mol. The van der Waals surface area contributed by atoms with E-state index in [1.807, 2.05) is 14.0 Å². The average molecular weight is 260 g/mol. The monoisotopic (exact) mass is 260 g/mol. The molecule has 0 aliphatic heterocycles. The van der Waals surface area contributed by atoms with E-state index < -0.39 is 10.0 Å². The van der Waals surface area contributed by atoms with Gasteiger partial charge in [-0.25, -0.2) is 13.1 Å². The number of aryl methyl sites for hydroxylation is 2. The Morgan fingerprint density at radius 3 is 2.47 bits per heavy atom. The van der Waals surface area contributed by atoms with Crippen molar-refractivity contribution < 1.29 is 12.8 Å². The van der Waals surface area contributed by atoms with Crippen LogP contribution in [0.2, 0.25) is 0 Å². The molecule has 0 spiro atoms. The van der Waals surface area contributed by atoms with Crippen LogP contribution in [0.25, 0.3) is 0 Å². The van der Waals surface area contributed by atoms with Crippen molar-refractivity contribution in [3.8, 4) is 0 Å². The van der Waals surface area contributed by atoms with E-state index in [9.17, 15) is 8.42 Å². The zero-order chi connectivity index (χ0) is 13.1. The molecule has 0 amide bonds. The van der Waals surface area contributed by atoms with Gasteiger partial charge < -0.3 is 9.73 Å². The minimum atomic E-state index is -3.46. The zero-order valence-electron chi connectivity index (χ0n) is 10.7. The van der Waals surface area contributed by atoms with Crippen LogP contribution in [0.15, 0.2) is 15.4 Å². The number of hydrogen-bond acceptors (Lipinski definition) is 4. The lowest BCUT2D eigenvalue weighted by molar-refractivity contribution is 0.493. The molecule has 1 aromatic heterocycles. The third kappa shape index (κ3) is 3.83. The Morgan fingerprint density at radius 1 is 1.35 bits per heavy atom. The van der Waals surface area contributed by atoms with Crippen LogP contribution in [0, 0.1) is 19.8 Å². The Labute approximate surface area is 103 Å². The highest BCUT2D eigenvalue weighted by Crippen LogP contribution is 2.19. The Hall–Kier alpha value is -0.850. The van der Waals surface area contributed by atoms with Crippen molar-refractivity contribution in [2.75, 3.05) is 20.1 Å². The minimum absolute atomic E-state index is 0.228. The number of furan rings is 1. The van der Waals surface area contributed by atoms with Gasteiger partial charge in [-0.05, 0) is 39.4 Å². The highest BCUT2D eigenvalue weighted by atomic mass is 32.2. The summed E-state index contributed by atoms with van der Waals surface area (Å²) in [5, 5.41) is 3.01. The molecule has 0 saturated heterocycles. The van der Waals surface area contributed by atoms with Crippen molar-refractivity contribution in [3.05, 3.63) is 17.6 Å². The predicted molar refractivity (Wildman–Crippen MR) is 66.5 cm³/mol. The summed E-state index contributed by atoms with van der Waals surface area (Å²) in [5.41, 5.74) is 0. The van der Waals surface area contributed by atoms with Crippen LogP contribution >= 0.6 is 0 Å². The summed E-state index contributed by atoms with van der Waals surface area (Å²) in [6.45, 7) is 6.54. The maximum absolute atomic E-state index is 12.0. The first kappa shape index (κ1) is 14.2. The summed E-state index contributed by atoms with van der Waals surface area (Å²) < 4.78 is 31.8. The molecule has 0 aliphatic carbocycles. The lowest BCUT2D eigenvalue weighted by atomic mass is 10.2. The second kappa shape index (κ2) is 5.66. The largest absolute Gasteiger partial charge is 0.465 e. The predicted octanol–water partition coefficient (Wildman–Crippen LogP) is 1.03. The van der Waals surface area contributed by atoms with Crippen molar-refractivity contribution in [1.82, 2.24) is 10.0 Å². The maximum atomic E-state index is 12.0. The van der Waals surface area contributed by atoms with Crippen molar-refractivity contribution in [2.24, 2.45) is 5.92 Å². The lowest BCUT2D eigenvalue weighted by Gasteiger charge is -2.11. The van der Waals surface area contributed by atoms with Gasteiger partial charge in [0.2, 0.25) is 10.0 Å². The highest BCUT2D eigenvalue weighted by Gasteiger charge is 2.20. The van der Waals surface area contributed by atoms with Crippen LogP contribution in [0.1, 0.15) is 18.4 Å². The molecule has 1 heterocycles. The van der Waals surface area contributed by atoms with E-state index in [1.54, 1.807) is 19.9 Å².